The molecule has 0 saturated heterocycles. The molecule has 0 atom stereocenters. The van der Waals surface area contributed by atoms with Crippen LogP contribution in [0.5, 0.6) is 11.5 Å². The SMILES string of the molecule is N=Cc1ccc(Oc2ccccc2)cc1. The summed E-state index contributed by atoms with van der Waals surface area (Å²) >= 11 is 0. The van der Waals surface area contributed by atoms with Crippen LogP contribution in [0.25, 0.3) is 0 Å². The van der Waals surface area contributed by atoms with Crippen LogP contribution in [0.3, 0.4) is 0 Å². The normalized spacial score (nSPS) is 9.60. The van der Waals surface area contributed by atoms with Crippen LogP contribution in [0, 0.1) is 5.41 Å². The van der Waals surface area contributed by atoms with E-state index >= 15 is 0 Å². The average Bonchev–Trinajstić information content (AvgIpc) is 2.31. The van der Waals surface area contributed by atoms with Gasteiger partial charge in [-0.25, -0.2) is 0 Å². The van der Waals surface area contributed by atoms with Gasteiger partial charge in [-0.1, -0.05) is 18.2 Å². The molecule has 0 heterocycles. The molecule has 0 radical (unpaired) electrons. The summed E-state index contributed by atoms with van der Waals surface area (Å²) in [6.45, 7) is 0. The number of hydrogen-bond donors (Lipinski definition) is 1. The van der Waals surface area contributed by atoms with Gasteiger partial charge >= 0.3 is 0 Å². The first kappa shape index (κ1) is 9.46. The highest BCUT2D eigenvalue weighted by Gasteiger charge is 1.95. The van der Waals surface area contributed by atoms with Crippen LogP contribution >= 0.6 is 0 Å². The largest absolute Gasteiger partial charge is 0.457 e. The Morgan fingerprint density at radius 1 is 0.800 bits per heavy atom. The van der Waals surface area contributed by atoms with Crippen molar-refractivity contribution in [2.75, 3.05) is 0 Å². The fraction of sp³-hybridized carbons (Fsp3) is 0. The molecule has 2 aromatic rings. The van der Waals surface area contributed by atoms with Crippen LogP contribution in [-0.2, 0) is 0 Å². The lowest BCUT2D eigenvalue weighted by atomic mass is 10.2. The molecule has 0 aromatic heterocycles. The summed E-state index contributed by atoms with van der Waals surface area (Å²) in [6, 6.07) is 17.0. The third kappa shape index (κ3) is 2.44. The minimum Gasteiger partial charge on any atom is -0.457 e. The first-order chi connectivity index (χ1) is 7.38. The van der Waals surface area contributed by atoms with E-state index in [0.29, 0.717) is 0 Å². The van der Waals surface area contributed by atoms with Gasteiger partial charge in [-0.3, -0.25) is 0 Å². The Bertz CT molecular complexity index is 434. The molecule has 0 amide bonds. The smallest absolute Gasteiger partial charge is 0.127 e. The molecule has 2 heteroatoms. The minimum atomic E-state index is 0.784. The van der Waals surface area contributed by atoms with Gasteiger partial charge in [0, 0.05) is 6.21 Å². The summed E-state index contributed by atoms with van der Waals surface area (Å²) in [4.78, 5) is 0. The molecule has 0 bridgehead atoms. The highest BCUT2D eigenvalue weighted by Crippen LogP contribution is 2.20. The zero-order valence-electron chi connectivity index (χ0n) is 8.18. The summed E-state index contributed by atoms with van der Waals surface area (Å²) in [7, 11) is 0. The Morgan fingerprint density at radius 3 is 2.00 bits per heavy atom. The molecule has 0 unspecified atom stereocenters. The van der Waals surface area contributed by atoms with Crippen LogP contribution in [0.2, 0.25) is 0 Å². The van der Waals surface area contributed by atoms with Crippen LogP contribution in [0.1, 0.15) is 5.56 Å². The van der Waals surface area contributed by atoms with Crippen molar-refractivity contribution in [2.45, 2.75) is 0 Å². The predicted molar refractivity (Wildman–Crippen MR) is 60.8 cm³/mol. The van der Waals surface area contributed by atoms with E-state index in [1.807, 2.05) is 54.6 Å². The second-order valence-corrected chi connectivity index (χ2v) is 3.13. The van der Waals surface area contributed by atoms with Gasteiger partial charge in [0.15, 0.2) is 0 Å². The Hall–Kier alpha value is -2.09. The summed E-state index contributed by atoms with van der Waals surface area (Å²) in [5.41, 5.74) is 0.871. The van der Waals surface area contributed by atoms with Crippen LogP contribution in [0.4, 0.5) is 0 Å². The van der Waals surface area contributed by atoms with Crippen molar-refractivity contribution >= 4 is 6.21 Å². The molecule has 15 heavy (non-hydrogen) atoms. The summed E-state index contributed by atoms with van der Waals surface area (Å²) in [5.74, 6) is 1.60. The Morgan fingerprint density at radius 2 is 1.40 bits per heavy atom. The Labute approximate surface area is 88.7 Å². The van der Waals surface area contributed by atoms with E-state index in [1.165, 1.54) is 6.21 Å². The van der Waals surface area contributed by atoms with Crippen molar-refractivity contribution in [2.24, 2.45) is 0 Å². The van der Waals surface area contributed by atoms with Crippen molar-refractivity contribution in [1.82, 2.24) is 0 Å². The highest BCUT2D eigenvalue weighted by atomic mass is 16.5. The minimum absolute atomic E-state index is 0.784. The standard InChI is InChI=1S/C13H11NO/c14-10-11-6-8-13(9-7-11)15-12-4-2-1-3-5-12/h1-10,14H. The number of nitrogens with one attached hydrogen (secondary N) is 1. The maximum Gasteiger partial charge on any atom is 0.127 e. The first-order valence-corrected chi connectivity index (χ1v) is 4.72. The van der Waals surface area contributed by atoms with E-state index in [1.54, 1.807) is 0 Å². The molecule has 2 nitrogen and oxygen atoms in total. The van der Waals surface area contributed by atoms with Gasteiger partial charge in [0.1, 0.15) is 11.5 Å². The molecular weight excluding hydrogens is 186 g/mol. The Balaban J connectivity index is 2.15. The lowest BCUT2D eigenvalue weighted by Crippen LogP contribution is -1.84. The molecule has 74 valence electrons. The fourth-order valence-corrected chi connectivity index (χ4v) is 1.26. The van der Waals surface area contributed by atoms with Gasteiger partial charge < -0.3 is 10.1 Å². The van der Waals surface area contributed by atoms with Gasteiger partial charge in [0.25, 0.3) is 0 Å². The van der Waals surface area contributed by atoms with E-state index in [4.69, 9.17) is 10.1 Å². The number of benzene rings is 2. The first-order valence-electron chi connectivity index (χ1n) is 4.72. The van der Waals surface area contributed by atoms with Gasteiger partial charge in [-0.05, 0) is 42.0 Å². The molecule has 1 N–H and O–H groups in total. The Kier molecular flexibility index (Phi) is 2.79. The zero-order chi connectivity index (χ0) is 10.5. The zero-order valence-corrected chi connectivity index (χ0v) is 8.18. The van der Waals surface area contributed by atoms with Crippen molar-refractivity contribution < 1.29 is 4.74 Å². The topological polar surface area (TPSA) is 33.1 Å². The second kappa shape index (κ2) is 4.42. The second-order valence-electron chi connectivity index (χ2n) is 3.13. The van der Waals surface area contributed by atoms with Crippen molar-refractivity contribution in [3.8, 4) is 11.5 Å². The van der Waals surface area contributed by atoms with E-state index in [-0.39, 0.29) is 0 Å². The highest BCUT2D eigenvalue weighted by molar-refractivity contribution is 5.76. The van der Waals surface area contributed by atoms with E-state index in [2.05, 4.69) is 0 Å². The summed E-state index contributed by atoms with van der Waals surface area (Å²) < 4.78 is 5.60. The third-order valence-electron chi connectivity index (χ3n) is 2.03. The maximum absolute atomic E-state index is 7.07. The van der Waals surface area contributed by atoms with Crippen LogP contribution < -0.4 is 4.74 Å². The van der Waals surface area contributed by atoms with Crippen LogP contribution in [-0.4, -0.2) is 6.21 Å². The molecule has 0 aliphatic heterocycles. The molecule has 2 aromatic carbocycles. The van der Waals surface area contributed by atoms with Crippen LogP contribution in [0.15, 0.2) is 54.6 Å². The summed E-state index contributed by atoms with van der Waals surface area (Å²) in [6.07, 6.45) is 1.31. The summed E-state index contributed by atoms with van der Waals surface area (Å²) in [5, 5.41) is 7.07. The number of para-hydroxylation sites is 1. The van der Waals surface area contributed by atoms with Gasteiger partial charge in [-0.15, -0.1) is 0 Å². The van der Waals surface area contributed by atoms with Crippen molar-refractivity contribution in [1.29, 1.82) is 5.41 Å². The molecule has 0 spiro atoms. The number of ether oxygens (including phenoxy) is 1. The predicted octanol–water partition coefficient (Wildman–Crippen LogP) is 3.48. The molecule has 0 saturated carbocycles. The fourth-order valence-electron chi connectivity index (χ4n) is 1.26. The maximum atomic E-state index is 7.07. The molecule has 0 aliphatic carbocycles. The van der Waals surface area contributed by atoms with Gasteiger partial charge in [0.05, 0.1) is 0 Å². The molecular formula is C13H11NO. The lowest BCUT2D eigenvalue weighted by Gasteiger charge is -2.04. The van der Waals surface area contributed by atoms with Gasteiger partial charge in [0.2, 0.25) is 0 Å². The van der Waals surface area contributed by atoms with E-state index < -0.39 is 0 Å². The number of rotatable bonds is 3. The van der Waals surface area contributed by atoms with Crippen molar-refractivity contribution in [3.63, 3.8) is 0 Å². The molecule has 2 rings (SSSR count). The van der Waals surface area contributed by atoms with E-state index in [9.17, 15) is 0 Å². The third-order valence-corrected chi connectivity index (χ3v) is 2.03. The average molecular weight is 197 g/mol. The molecule has 0 aliphatic rings. The van der Waals surface area contributed by atoms with Crippen molar-refractivity contribution in [3.05, 3.63) is 60.2 Å². The van der Waals surface area contributed by atoms with Gasteiger partial charge in [-0.2, -0.15) is 0 Å². The number of hydrogen-bond acceptors (Lipinski definition) is 2. The van der Waals surface area contributed by atoms with E-state index in [0.717, 1.165) is 17.1 Å². The lowest BCUT2D eigenvalue weighted by molar-refractivity contribution is 0.482. The quantitative estimate of drug-likeness (QED) is 0.751. The monoisotopic (exact) mass is 197 g/mol. The molecule has 0 fully saturated rings.